The molecule has 0 aromatic heterocycles. The Labute approximate surface area is 118 Å². The molecular weight excluding hydrogens is 315 g/mol. The predicted molar refractivity (Wildman–Crippen MR) is 70.8 cm³/mol. The topological polar surface area (TPSA) is 62.1 Å². The lowest BCUT2D eigenvalue weighted by atomic mass is 9.81. The Morgan fingerprint density at radius 1 is 1.47 bits per heavy atom. The van der Waals surface area contributed by atoms with Crippen molar-refractivity contribution in [2.45, 2.75) is 12.8 Å². The van der Waals surface area contributed by atoms with Gasteiger partial charge in [-0.1, -0.05) is 0 Å². The molecule has 0 spiro atoms. The van der Waals surface area contributed by atoms with Crippen molar-refractivity contribution in [3.8, 4) is 6.07 Å². The second-order valence-electron chi connectivity index (χ2n) is 4.38. The van der Waals surface area contributed by atoms with E-state index in [9.17, 15) is 14.4 Å². The van der Waals surface area contributed by atoms with Crippen LogP contribution in [0, 0.1) is 22.6 Å². The first-order chi connectivity index (χ1) is 9.07. The average molecular weight is 327 g/mol. The molecule has 0 bridgehead atoms. The van der Waals surface area contributed by atoms with Gasteiger partial charge < -0.3 is 10.1 Å². The SMILES string of the molecule is N#CC1(C(=O)Nc2cc(F)ccc2Br)CCOCC1. The highest BCUT2D eigenvalue weighted by molar-refractivity contribution is 9.10. The molecule has 1 aliphatic heterocycles. The Morgan fingerprint density at radius 2 is 2.16 bits per heavy atom. The van der Waals surface area contributed by atoms with E-state index in [0.29, 0.717) is 36.2 Å². The standard InChI is InChI=1S/C13H12BrFN2O2/c14-10-2-1-9(15)7-11(10)17-12(18)13(8-16)3-5-19-6-4-13/h1-2,7H,3-6H2,(H,17,18). The summed E-state index contributed by atoms with van der Waals surface area (Å²) in [6.07, 6.45) is 0.699. The van der Waals surface area contributed by atoms with Crippen molar-refractivity contribution in [3.63, 3.8) is 0 Å². The van der Waals surface area contributed by atoms with E-state index < -0.39 is 17.1 Å². The lowest BCUT2D eigenvalue weighted by Crippen LogP contribution is -2.40. The molecule has 1 aliphatic rings. The number of amides is 1. The van der Waals surface area contributed by atoms with Crippen LogP contribution in [0.1, 0.15) is 12.8 Å². The van der Waals surface area contributed by atoms with Crippen molar-refractivity contribution in [3.05, 3.63) is 28.5 Å². The fraction of sp³-hybridized carbons (Fsp3) is 0.385. The number of benzene rings is 1. The van der Waals surface area contributed by atoms with Crippen LogP contribution in [0.15, 0.2) is 22.7 Å². The van der Waals surface area contributed by atoms with Gasteiger partial charge in [0.2, 0.25) is 5.91 Å². The van der Waals surface area contributed by atoms with Crippen LogP contribution in [-0.2, 0) is 9.53 Å². The summed E-state index contributed by atoms with van der Waals surface area (Å²) < 4.78 is 18.9. The van der Waals surface area contributed by atoms with Gasteiger partial charge in [0.25, 0.3) is 0 Å². The molecule has 2 rings (SSSR count). The first-order valence-electron chi connectivity index (χ1n) is 5.83. The number of ether oxygens (including phenoxy) is 1. The monoisotopic (exact) mass is 326 g/mol. The first kappa shape index (κ1) is 14.0. The quantitative estimate of drug-likeness (QED) is 0.908. The number of nitriles is 1. The number of anilines is 1. The number of nitrogens with one attached hydrogen (secondary N) is 1. The third-order valence-electron chi connectivity index (χ3n) is 3.17. The van der Waals surface area contributed by atoms with Crippen molar-refractivity contribution in [1.82, 2.24) is 0 Å². The van der Waals surface area contributed by atoms with Crippen molar-refractivity contribution < 1.29 is 13.9 Å². The van der Waals surface area contributed by atoms with Crippen LogP contribution < -0.4 is 5.32 Å². The predicted octanol–water partition coefficient (Wildman–Crippen LogP) is 2.85. The maximum atomic E-state index is 13.2. The summed E-state index contributed by atoms with van der Waals surface area (Å²) in [5.41, 5.74) is -0.768. The van der Waals surface area contributed by atoms with Gasteiger partial charge in [-0.3, -0.25) is 4.79 Å². The van der Waals surface area contributed by atoms with Crippen LogP contribution in [0.25, 0.3) is 0 Å². The van der Waals surface area contributed by atoms with E-state index in [1.165, 1.54) is 18.2 Å². The Kier molecular flexibility index (Phi) is 4.17. The zero-order valence-corrected chi connectivity index (χ0v) is 11.7. The first-order valence-corrected chi connectivity index (χ1v) is 6.62. The van der Waals surface area contributed by atoms with E-state index in [2.05, 4.69) is 27.3 Å². The third kappa shape index (κ3) is 2.94. The molecular formula is C13H12BrFN2O2. The largest absolute Gasteiger partial charge is 0.381 e. The van der Waals surface area contributed by atoms with E-state index in [1.54, 1.807) is 0 Å². The number of carbonyl (C=O) groups is 1. The van der Waals surface area contributed by atoms with Gasteiger partial charge >= 0.3 is 0 Å². The van der Waals surface area contributed by atoms with Crippen LogP contribution >= 0.6 is 15.9 Å². The van der Waals surface area contributed by atoms with E-state index in [1.807, 2.05) is 0 Å². The zero-order valence-electron chi connectivity index (χ0n) is 10.1. The molecule has 0 aliphatic carbocycles. The molecule has 1 saturated heterocycles. The molecule has 1 aromatic carbocycles. The minimum absolute atomic E-state index is 0.325. The molecule has 0 atom stereocenters. The minimum Gasteiger partial charge on any atom is -0.381 e. The van der Waals surface area contributed by atoms with Gasteiger partial charge in [0, 0.05) is 17.7 Å². The summed E-state index contributed by atoms with van der Waals surface area (Å²) in [5.74, 6) is -0.860. The molecule has 0 unspecified atom stereocenters. The van der Waals surface area contributed by atoms with E-state index in [-0.39, 0.29) is 0 Å². The van der Waals surface area contributed by atoms with Crippen LogP contribution in [-0.4, -0.2) is 19.1 Å². The van der Waals surface area contributed by atoms with Gasteiger partial charge in [-0.25, -0.2) is 4.39 Å². The van der Waals surface area contributed by atoms with E-state index >= 15 is 0 Å². The van der Waals surface area contributed by atoms with Gasteiger partial charge in [0.15, 0.2) is 0 Å². The van der Waals surface area contributed by atoms with Crippen LogP contribution in [0.3, 0.4) is 0 Å². The normalized spacial score (nSPS) is 17.5. The molecule has 0 saturated carbocycles. The number of hydrogen-bond donors (Lipinski definition) is 1. The molecule has 19 heavy (non-hydrogen) atoms. The smallest absolute Gasteiger partial charge is 0.245 e. The van der Waals surface area contributed by atoms with E-state index in [0.717, 1.165) is 0 Å². The number of halogens is 2. The van der Waals surface area contributed by atoms with Gasteiger partial charge in [0.05, 0.1) is 11.8 Å². The summed E-state index contributed by atoms with van der Waals surface area (Å²) in [7, 11) is 0. The Balaban J connectivity index is 2.20. The highest BCUT2D eigenvalue weighted by Crippen LogP contribution is 2.32. The highest BCUT2D eigenvalue weighted by Gasteiger charge is 2.40. The van der Waals surface area contributed by atoms with Gasteiger partial charge in [-0.15, -0.1) is 0 Å². The van der Waals surface area contributed by atoms with Crippen molar-refractivity contribution in [1.29, 1.82) is 5.26 Å². The maximum absolute atomic E-state index is 13.2. The Bertz CT molecular complexity index is 536. The minimum atomic E-state index is -1.09. The summed E-state index contributed by atoms with van der Waals surface area (Å²) >= 11 is 3.23. The number of nitrogens with zero attached hydrogens (tertiary/aromatic N) is 1. The summed E-state index contributed by atoms with van der Waals surface area (Å²) in [5, 5.41) is 11.9. The number of carbonyl (C=O) groups excluding carboxylic acids is 1. The van der Waals surface area contributed by atoms with Crippen LogP contribution in [0.4, 0.5) is 10.1 Å². The molecule has 100 valence electrons. The van der Waals surface area contributed by atoms with Gasteiger partial charge in [-0.05, 0) is 47.0 Å². The maximum Gasteiger partial charge on any atom is 0.245 e. The highest BCUT2D eigenvalue weighted by atomic mass is 79.9. The number of rotatable bonds is 2. The summed E-state index contributed by atoms with van der Waals surface area (Å²) in [4.78, 5) is 12.3. The fourth-order valence-electron chi connectivity index (χ4n) is 1.94. The third-order valence-corrected chi connectivity index (χ3v) is 3.86. The summed E-state index contributed by atoms with van der Waals surface area (Å²) in [6.45, 7) is 0.761. The molecule has 4 nitrogen and oxygen atoms in total. The molecule has 6 heteroatoms. The molecule has 1 aromatic rings. The average Bonchev–Trinajstić information content (AvgIpc) is 2.43. The molecule has 0 radical (unpaired) electrons. The Morgan fingerprint density at radius 3 is 2.79 bits per heavy atom. The lowest BCUT2D eigenvalue weighted by Gasteiger charge is -2.29. The number of hydrogen-bond acceptors (Lipinski definition) is 3. The zero-order chi connectivity index (χ0) is 13.9. The second kappa shape index (κ2) is 5.68. The molecule has 1 heterocycles. The van der Waals surface area contributed by atoms with Crippen LogP contribution in [0.5, 0.6) is 0 Å². The van der Waals surface area contributed by atoms with Crippen molar-refractivity contribution in [2.24, 2.45) is 5.41 Å². The van der Waals surface area contributed by atoms with E-state index in [4.69, 9.17) is 4.74 Å². The Hall–Kier alpha value is -1.45. The molecule has 1 fully saturated rings. The van der Waals surface area contributed by atoms with Gasteiger partial charge in [0.1, 0.15) is 11.2 Å². The van der Waals surface area contributed by atoms with Crippen LogP contribution in [0.2, 0.25) is 0 Å². The summed E-state index contributed by atoms with van der Waals surface area (Å²) in [6, 6.07) is 6.08. The second-order valence-corrected chi connectivity index (χ2v) is 5.24. The van der Waals surface area contributed by atoms with Gasteiger partial charge in [-0.2, -0.15) is 5.26 Å². The fourth-order valence-corrected chi connectivity index (χ4v) is 2.29. The van der Waals surface area contributed by atoms with Crippen molar-refractivity contribution in [2.75, 3.05) is 18.5 Å². The lowest BCUT2D eigenvalue weighted by molar-refractivity contribution is -0.126. The molecule has 1 amide bonds. The van der Waals surface area contributed by atoms with Crippen molar-refractivity contribution >= 4 is 27.5 Å². The molecule has 1 N–H and O–H groups in total.